The molecule has 0 aliphatic carbocycles. The van der Waals surface area contributed by atoms with Crippen molar-refractivity contribution in [1.29, 1.82) is 0 Å². The molecule has 4 nitrogen and oxygen atoms in total. The van der Waals surface area contributed by atoms with Crippen molar-refractivity contribution in [3.63, 3.8) is 0 Å². The fourth-order valence-corrected chi connectivity index (χ4v) is 4.74. The number of hydrogen-bond donors (Lipinski definition) is 1. The fourth-order valence-electron chi connectivity index (χ4n) is 4.74. The van der Waals surface area contributed by atoms with E-state index in [1.807, 2.05) is 18.2 Å². The summed E-state index contributed by atoms with van der Waals surface area (Å²) in [7, 11) is 4.25. The number of phenols is 1. The van der Waals surface area contributed by atoms with E-state index in [9.17, 15) is 5.11 Å². The molecule has 4 heteroatoms. The van der Waals surface area contributed by atoms with Crippen LogP contribution in [0.15, 0.2) is 54.6 Å². The highest BCUT2D eigenvalue weighted by Crippen LogP contribution is 2.27. The summed E-state index contributed by atoms with van der Waals surface area (Å²) >= 11 is 0. The minimum atomic E-state index is 0.415. The van der Waals surface area contributed by atoms with Gasteiger partial charge in [0.15, 0.2) is 0 Å². The van der Waals surface area contributed by atoms with Crippen molar-refractivity contribution >= 4 is 0 Å². The highest BCUT2D eigenvalue weighted by Gasteiger charge is 2.19. The molecule has 3 rings (SSSR count). The van der Waals surface area contributed by atoms with Gasteiger partial charge < -0.3 is 14.9 Å². The minimum Gasteiger partial charge on any atom is -0.508 e. The van der Waals surface area contributed by atoms with Crippen LogP contribution in [-0.4, -0.2) is 73.2 Å². The average molecular weight is 438 g/mol. The van der Waals surface area contributed by atoms with Crippen LogP contribution in [0.2, 0.25) is 0 Å². The number of aromatic hydroxyl groups is 1. The van der Waals surface area contributed by atoms with Gasteiger partial charge in [0.25, 0.3) is 0 Å². The van der Waals surface area contributed by atoms with Crippen molar-refractivity contribution in [3.05, 3.63) is 65.7 Å². The van der Waals surface area contributed by atoms with E-state index in [0.29, 0.717) is 5.75 Å². The van der Waals surface area contributed by atoms with Gasteiger partial charge in [-0.05, 0) is 83.5 Å². The van der Waals surface area contributed by atoms with Crippen molar-refractivity contribution in [2.45, 2.75) is 51.0 Å². The van der Waals surface area contributed by atoms with Crippen LogP contribution < -0.4 is 0 Å². The number of likely N-dealkylation sites (tertiary alicyclic amines) is 1. The first kappa shape index (κ1) is 24.8. The molecule has 1 aliphatic heterocycles. The van der Waals surface area contributed by atoms with Crippen LogP contribution in [0.1, 0.15) is 55.6 Å². The Hall–Kier alpha value is -1.88. The number of likely N-dealkylation sites (N-methyl/N-ethyl adjacent to an activating group) is 1. The summed E-state index contributed by atoms with van der Waals surface area (Å²) in [5.41, 5.74) is 2.56. The molecule has 2 aromatic rings. The van der Waals surface area contributed by atoms with Gasteiger partial charge in [-0.1, -0.05) is 61.4 Å². The molecule has 1 heterocycles. The Morgan fingerprint density at radius 3 is 2.22 bits per heavy atom. The Kier molecular flexibility index (Phi) is 10.5. The number of para-hydroxylation sites is 1. The molecule has 0 amide bonds. The van der Waals surface area contributed by atoms with E-state index < -0.39 is 0 Å². The molecular weight excluding hydrogens is 394 g/mol. The van der Waals surface area contributed by atoms with Gasteiger partial charge in [-0.2, -0.15) is 0 Å². The summed E-state index contributed by atoms with van der Waals surface area (Å²) in [5.74, 6) is 1.17. The number of hydrogen-bond acceptors (Lipinski definition) is 4. The van der Waals surface area contributed by atoms with Gasteiger partial charge in [0.05, 0.1) is 0 Å². The fraction of sp³-hybridized carbons (Fsp3) is 0.571. The largest absolute Gasteiger partial charge is 0.508 e. The van der Waals surface area contributed by atoms with E-state index in [-0.39, 0.29) is 0 Å². The third-order valence-electron chi connectivity index (χ3n) is 6.81. The van der Waals surface area contributed by atoms with E-state index in [1.54, 1.807) is 6.07 Å². The van der Waals surface area contributed by atoms with E-state index in [0.717, 1.165) is 37.7 Å². The molecule has 0 spiro atoms. The lowest BCUT2D eigenvalue weighted by atomic mass is 9.89. The molecule has 0 radical (unpaired) electrons. The zero-order valence-corrected chi connectivity index (χ0v) is 20.3. The molecular formula is C28H43N3O. The molecule has 2 aromatic carbocycles. The van der Waals surface area contributed by atoms with Crippen LogP contribution in [0, 0.1) is 0 Å². The number of piperidine rings is 1. The predicted octanol–water partition coefficient (Wildman–Crippen LogP) is 5.20. The molecule has 32 heavy (non-hydrogen) atoms. The van der Waals surface area contributed by atoms with Gasteiger partial charge in [-0.25, -0.2) is 0 Å². The van der Waals surface area contributed by atoms with Crippen LogP contribution in [0.25, 0.3) is 0 Å². The van der Waals surface area contributed by atoms with E-state index in [4.69, 9.17) is 0 Å². The van der Waals surface area contributed by atoms with Gasteiger partial charge in [0.1, 0.15) is 5.75 Å². The smallest absolute Gasteiger partial charge is 0.120 e. The second-order valence-electron chi connectivity index (χ2n) is 9.65. The minimum absolute atomic E-state index is 0.415. The van der Waals surface area contributed by atoms with Gasteiger partial charge in [-0.15, -0.1) is 0 Å². The SMILES string of the molecule is CN(C)CCN(CCCCCCN1CCC(c2ccccc2)CC1)Cc1ccccc1O. The normalized spacial score (nSPS) is 15.6. The number of phenolic OH excluding ortho intramolecular Hbond substituents is 1. The molecule has 0 bridgehead atoms. The van der Waals surface area contributed by atoms with Crippen LogP contribution >= 0.6 is 0 Å². The predicted molar refractivity (Wildman–Crippen MR) is 135 cm³/mol. The van der Waals surface area contributed by atoms with Crippen molar-refractivity contribution in [3.8, 4) is 5.75 Å². The second-order valence-corrected chi connectivity index (χ2v) is 9.65. The maximum absolute atomic E-state index is 10.1. The zero-order valence-electron chi connectivity index (χ0n) is 20.3. The quantitative estimate of drug-likeness (QED) is 0.437. The zero-order chi connectivity index (χ0) is 22.6. The lowest BCUT2D eigenvalue weighted by Gasteiger charge is -2.32. The van der Waals surface area contributed by atoms with Crippen molar-refractivity contribution in [2.24, 2.45) is 0 Å². The van der Waals surface area contributed by atoms with Crippen LogP contribution in [0.3, 0.4) is 0 Å². The molecule has 0 saturated carbocycles. The lowest BCUT2D eigenvalue weighted by Crippen LogP contribution is -2.33. The molecule has 176 valence electrons. The van der Waals surface area contributed by atoms with Crippen LogP contribution in [-0.2, 0) is 6.54 Å². The molecule has 0 atom stereocenters. The summed E-state index contributed by atoms with van der Waals surface area (Å²) < 4.78 is 0. The Morgan fingerprint density at radius 1 is 0.812 bits per heavy atom. The topological polar surface area (TPSA) is 30.0 Å². The third-order valence-corrected chi connectivity index (χ3v) is 6.81. The number of benzene rings is 2. The van der Waals surface area contributed by atoms with Crippen LogP contribution in [0.4, 0.5) is 0 Å². The van der Waals surface area contributed by atoms with Gasteiger partial charge >= 0.3 is 0 Å². The van der Waals surface area contributed by atoms with Gasteiger partial charge in [0, 0.05) is 25.2 Å². The van der Waals surface area contributed by atoms with E-state index in [2.05, 4.69) is 59.1 Å². The van der Waals surface area contributed by atoms with Crippen molar-refractivity contribution in [2.75, 3.05) is 53.4 Å². The Labute approximate surface area is 195 Å². The molecule has 0 aromatic heterocycles. The number of rotatable bonds is 13. The van der Waals surface area contributed by atoms with E-state index >= 15 is 0 Å². The van der Waals surface area contributed by atoms with Gasteiger partial charge in [-0.3, -0.25) is 4.90 Å². The summed E-state index contributed by atoms with van der Waals surface area (Å²) in [4.78, 5) is 7.39. The Balaban J connectivity index is 1.30. The Bertz CT molecular complexity index is 756. The Morgan fingerprint density at radius 2 is 1.50 bits per heavy atom. The van der Waals surface area contributed by atoms with Crippen molar-refractivity contribution in [1.82, 2.24) is 14.7 Å². The number of nitrogens with zero attached hydrogens (tertiary/aromatic N) is 3. The highest BCUT2D eigenvalue weighted by molar-refractivity contribution is 5.31. The molecule has 0 unspecified atom stereocenters. The first-order valence-electron chi connectivity index (χ1n) is 12.5. The average Bonchev–Trinajstić information content (AvgIpc) is 2.81. The monoisotopic (exact) mass is 437 g/mol. The summed E-state index contributed by atoms with van der Waals surface area (Å²) in [5, 5.41) is 10.1. The summed E-state index contributed by atoms with van der Waals surface area (Å²) in [6.45, 7) is 7.77. The molecule has 1 saturated heterocycles. The summed E-state index contributed by atoms with van der Waals surface area (Å²) in [6, 6.07) is 18.8. The molecule has 1 fully saturated rings. The van der Waals surface area contributed by atoms with Crippen molar-refractivity contribution < 1.29 is 5.11 Å². The van der Waals surface area contributed by atoms with Gasteiger partial charge in [0.2, 0.25) is 0 Å². The molecule has 1 N–H and O–H groups in total. The van der Waals surface area contributed by atoms with E-state index in [1.165, 1.54) is 63.7 Å². The first-order chi connectivity index (χ1) is 15.6. The second kappa shape index (κ2) is 13.6. The maximum atomic E-state index is 10.1. The lowest BCUT2D eigenvalue weighted by molar-refractivity contribution is 0.205. The summed E-state index contributed by atoms with van der Waals surface area (Å²) in [6.07, 6.45) is 7.76. The van der Waals surface area contributed by atoms with Crippen LogP contribution in [0.5, 0.6) is 5.75 Å². The molecule has 1 aliphatic rings. The first-order valence-corrected chi connectivity index (χ1v) is 12.5. The third kappa shape index (κ3) is 8.57. The standard InChI is InChI=1S/C28H43N3O/c1-29(2)22-23-31(24-27-14-8-9-15-28(27)32)19-11-4-3-10-18-30-20-16-26(17-21-30)25-12-6-5-7-13-25/h5-9,12-15,26,32H,3-4,10-11,16-24H2,1-2H3. The number of unbranched alkanes of at least 4 members (excludes halogenated alkanes) is 3. The highest BCUT2D eigenvalue weighted by atomic mass is 16.3. The maximum Gasteiger partial charge on any atom is 0.120 e.